The summed E-state index contributed by atoms with van der Waals surface area (Å²) in [5.41, 5.74) is 6.96. The van der Waals surface area contributed by atoms with Gasteiger partial charge in [-0.2, -0.15) is 0 Å². The Kier molecular flexibility index (Phi) is 5.46. The Balaban J connectivity index is 1.70. The van der Waals surface area contributed by atoms with Gasteiger partial charge in [-0.1, -0.05) is 11.8 Å². The Morgan fingerprint density at radius 1 is 1.00 bits per heavy atom. The zero-order valence-electron chi connectivity index (χ0n) is 14.0. The van der Waals surface area contributed by atoms with Crippen LogP contribution in [0.3, 0.4) is 0 Å². The highest BCUT2D eigenvalue weighted by atomic mass is 16.5. The number of rotatable bonds is 3. The summed E-state index contributed by atoms with van der Waals surface area (Å²) in [6.45, 7) is 0. The van der Waals surface area contributed by atoms with Crippen molar-refractivity contribution in [3.8, 4) is 23.3 Å². The summed E-state index contributed by atoms with van der Waals surface area (Å²) in [7, 11) is 1.69. The quantitative estimate of drug-likeness (QED) is 0.861. The van der Waals surface area contributed by atoms with Gasteiger partial charge in [0.2, 0.25) is 0 Å². The lowest BCUT2D eigenvalue weighted by Gasteiger charge is -2.21. The van der Waals surface area contributed by atoms with Gasteiger partial charge in [0.1, 0.15) is 0 Å². The van der Waals surface area contributed by atoms with E-state index in [2.05, 4.69) is 11.8 Å². The number of methoxy groups -OCH3 is 1. The Hall–Kier alpha value is -1.66. The molecule has 0 unspecified atom stereocenters. The third kappa shape index (κ3) is 4.42. The second kappa shape index (κ2) is 7.75. The van der Waals surface area contributed by atoms with Gasteiger partial charge in [0.15, 0.2) is 11.5 Å². The van der Waals surface area contributed by atoms with Crippen molar-refractivity contribution in [1.29, 1.82) is 0 Å². The molecule has 3 nitrogen and oxygen atoms in total. The van der Waals surface area contributed by atoms with Crippen LogP contribution >= 0.6 is 0 Å². The van der Waals surface area contributed by atoms with Gasteiger partial charge in [-0.25, -0.2) is 0 Å². The number of benzene rings is 1. The zero-order valence-corrected chi connectivity index (χ0v) is 14.0. The molecule has 0 radical (unpaired) electrons. The van der Waals surface area contributed by atoms with Crippen LogP contribution in [0, 0.1) is 17.8 Å². The summed E-state index contributed by atoms with van der Waals surface area (Å²) in [5.74, 6) is 8.84. The lowest BCUT2D eigenvalue weighted by molar-refractivity contribution is 0.201. The molecule has 2 aliphatic carbocycles. The van der Waals surface area contributed by atoms with Gasteiger partial charge in [-0.3, -0.25) is 0 Å². The van der Waals surface area contributed by atoms with Crippen molar-refractivity contribution in [3.63, 3.8) is 0 Å². The molecule has 23 heavy (non-hydrogen) atoms. The summed E-state index contributed by atoms with van der Waals surface area (Å²) in [6.07, 6.45) is 9.56. The van der Waals surface area contributed by atoms with Crippen molar-refractivity contribution >= 4 is 0 Å². The highest BCUT2D eigenvalue weighted by molar-refractivity contribution is 5.48. The fourth-order valence-corrected chi connectivity index (χ4v) is 3.48. The minimum Gasteiger partial charge on any atom is -0.493 e. The first-order chi connectivity index (χ1) is 11.2. The van der Waals surface area contributed by atoms with Crippen LogP contribution in [0.2, 0.25) is 0 Å². The Labute approximate surface area is 139 Å². The molecule has 2 fully saturated rings. The molecule has 0 heterocycles. The maximum absolute atomic E-state index is 6.13. The molecule has 0 aromatic heterocycles. The topological polar surface area (TPSA) is 44.5 Å². The van der Waals surface area contributed by atoms with E-state index in [4.69, 9.17) is 15.2 Å². The first-order valence-electron chi connectivity index (χ1n) is 8.86. The van der Waals surface area contributed by atoms with E-state index < -0.39 is 0 Å². The molecule has 1 aromatic rings. The molecule has 124 valence electrons. The van der Waals surface area contributed by atoms with Crippen LogP contribution < -0.4 is 15.2 Å². The van der Waals surface area contributed by atoms with Crippen LogP contribution in [-0.4, -0.2) is 19.3 Å². The predicted octanol–water partition coefficient (Wildman–Crippen LogP) is 3.89. The van der Waals surface area contributed by atoms with E-state index in [1.54, 1.807) is 7.11 Å². The van der Waals surface area contributed by atoms with E-state index in [1.807, 2.05) is 18.2 Å². The molecule has 2 saturated carbocycles. The summed E-state index contributed by atoms with van der Waals surface area (Å²) < 4.78 is 11.6. The van der Waals surface area contributed by atoms with Gasteiger partial charge in [-0.15, -0.1) is 0 Å². The fraction of sp³-hybridized carbons (Fsp3) is 0.600. The molecule has 2 N–H and O–H groups in total. The lowest BCUT2D eigenvalue weighted by Crippen LogP contribution is -2.25. The molecule has 2 aliphatic rings. The second-order valence-electron chi connectivity index (χ2n) is 6.77. The van der Waals surface area contributed by atoms with Crippen molar-refractivity contribution < 1.29 is 9.47 Å². The predicted molar refractivity (Wildman–Crippen MR) is 92.7 cm³/mol. The lowest BCUT2D eigenvalue weighted by atomic mass is 9.87. The summed E-state index contributed by atoms with van der Waals surface area (Å²) >= 11 is 0. The third-order valence-electron chi connectivity index (χ3n) is 4.95. The van der Waals surface area contributed by atoms with Gasteiger partial charge in [0, 0.05) is 17.5 Å². The molecule has 0 saturated heterocycles. The Morgan fingerprint density at radius 2 is 1.74 bits per heavy atom. The monoisotopic (exact) mass is 313 g/mol. The number of ether oxygens (including phenoxy) is 2. The molecule has 0 atom stereocenters. The van der Waals surface area contributed by atoms with Crippen molar-refractivity contribution in [2.24, 2.45) is 11.7 Å². The van der Waals surface area contributed by atoms with E-state index in [0.29, 0.717) is 18.1 Å². The summed E-state index contributed by atoms with van der Waals surface area (Å²) in [5, 5.41) is 0. The standard InChI is InChI=1S/C20H27NO2/c1-22-19-13-10-16(7-6-15-8-11-17(21)12-9-15)14-20(19)23-18-4-2-3-5-18/h10,13-15,17-18H,2-5,8-9,11-12,21H2,1H3. The van der Waals surface area contributed by atoms with E-state index in [1.165, 1.54) is 12.8 Å². The summed E-state index contributed by atoms with van der Waals surface area (Å²) in [4.78, 5) is 0. The molecule has 3 rings (SSSR count). The Bertz CT molecular complexity index is 573. The molecule has 0 bridgehead atoms. The highest BCUT2D eigenvalue weighted by Crippen LogP contribution is 2.32. The normalized spacial score (nSPS) is 24.8. The fourth-order valence-electron chi connectivity index (χ4n) is 3.48. The zero-order chi connectivity index (χ0) is 16.1. The van der Waals surface area contributed by atoms with Crippen LogP contribution in [0.1, 0.15) is 56.9 Å². The van der Waals surface area contributed by atoms with E-state index in [-0.39, 0.29) is 0 Å². The van der Waals surface area contributed by atoms with Crippen molar-refractivity contribution in [2.75, 3.05) is 7.11 Å². The van der Waals surface area contributed by atoms with E-state index >= 15 is 0 Å². The largest absolute Gasteiger partial charge is 0.493 e. The number of hydrogen-bond acceptors (Lipinski definition) is 3. The van der Waals surface area contributed by atoms with E-state index in [0.717, 1.165) is 55.6 Å². The van der Waals surface area contributed by atoms with Crippen LogP contribution in [-0.2, 0) is 0 Å². The summed E-state index contributed by atoms with van der Waals surface area (Å²) in [6, 6.07) is 6.38. The first kappa shape index (κ1) is 16.2. The van der Waals surface area contributed by atoms with Crippen LogP contribution in [0.4, 0.5) is 0 Å². The molecule has 3 heteroatoms. The molecular formula is C20H27NO2. The first-order valence-corrected chi connectivity index (χ1v) is 8.86. The minimum absolute atomic E-state index is 0.326. The molecule has 0 amide bonds. The SMILES string of the molecule is COc1ccc(C#CC2CCC(N)CC2)cc1OC1CCCC1. The third-order valence-corrected chi connectivity index (χ3v) is 4.95. The van der Waals surface area contributed by atoms with Gasteiger partial charge in [-0.05, 0) is 69.6 Å². The molecule has 0 aliphatic heterocycles. The molecule has 1 aromatic carbocycles. The van der Waals surface area contributed by atoms with Crippen molar-refractivity contribution in [2.45, 2.75) is 63.5 Å². The van der Waals surface area contributed by atoms with E-state index in [9.17, 15) is 0 Å². The number of hydrogen-bond donors (Lipinski definition) is 1. The molecule has 0 spiro atoms. The number of nitrogens with two attached hydrogens (primary N) is 1. The second-order valence-corrected chi connectivity index (χ2v) is 6.77. The Morgan fingerprint density at radius 3 is 2.43 bits per heavy atom. The molecular weight excluding hydrogens is 286 g/mol. The van der Waals surface area contributed by atoms with Gasteiger partial charge < -0.3 is 15.2 Å². The average Bonchev–Trinajstić information content (AvgIpc) is 3.07. The maximum Gasteiger partial charge on any atom is 0.162 e. The van der Waals surface area contributed by atoms with Gasteiger partial charge in [0.25, 0.3) is 0 Å². The average molecular weight is 313 g/mol. The van der Waals surface area contributed by atoms with Crippen molar-refractivity contribution in [3.05, 3.63) is 23.8 Å². The van der Waals surface area contributed by atoms with Gasteiger partial charge in [0.05, 0.1) is 13.2 Å². The van der Waals surface area contributed by atoms with Crippen molar-refractivity contribution in [1.82, 2.24) is 0 Å². The van der Waals surface area contributed by atoms with Gasteiger partial charge >= 0.3 is 0 Å². The van der Waals surface area contributed by atoms with Crippen LogP contribution in [0.15, 0.2) is 18.2 Å². The minimum atomic E-state index is 0.326. The smallest absolute Gasteiger partial charge is 0.162 e. The maximum atomic E-state index is 6.13. The van der Waals surface area contributed by atoms with Crippen LogP contribution in [0.5, 0.6) is 11.5 Å². The highest BCUT2D eigenvalue weighted by Gasteiger charge is 2.19. The van der Waals surface area contributed by atoms with Crippen LogP contribution in [0.25, 0.3) is 0 Å².